The highest BCUT2D eigenvalue weighted by atomic mass is 32.2. The highest BCUT2D eigenvalue weighted by molar-refractivity contribution is 8.00. The van der Waals surface area contributed by atoms with Crippen LogP contribution in [0, 0.1) is 17.5 Å². The molecule has 3 aromatic rings. The number of anilines is 1. The monoisotopic (exact) mass is 413 g/mol. The first-order valence-corrected chi connectivity index (χ1v) is 9.14. The fraction of sp³-hybridized carbons (Fsp3) is 0.176. The summed E-state index contributed by atoms with van der Waals surface area (Å²) in [5.74, 6) is -2.04. The summed E-state index contributed by atoms with van der Waals surface area (Å²) in [5.41, 5.74) is 0.768. The second kappa shape index (κ2) is 8.49. The van der Waals surface area contributed by atoms with Crippen molar-refractivity contribution in [2.24, 2.45) is 0 Å². The van der Waals surface area contributed by atoms with Crippen LogP contribution >= 0.6 is 23.5 Å². The van der Waals surface area contributed by atoms with Gasteiger partial charge in [0.15, 0.2) is 11.6 Å². The number of hydrogen-bond acceptors (Lipinski definition) is 7. The van der Waals surface area contributed by atoms with Gasteiger partial charge in [-0.15, -0.1) is 0 Å². The molecule has 0 spiro atoms. The first-order valence-electron chi connectivity index (χ1n) is 7.59. The Morgan fingerprint density at radius 3 is 2.48 bits per heavy atom. The van der Waals surface area contributed by atoms with Gasteiger partial charge in [0.2, 0.25) is 5.13 Å². The second-order valence-corrected chi connectivity index (χ2v) is 7.05. The van der Waals surface area contributed by atoms with Crippen LogP contribution in [0.25, 0.3) is 0 Å². The molecule has 0 amide bonds. The van der Waals surface area contributed by atoms with Crippen LogP contribution in [-0.4, -0.2) is 23.6 Å². The Kier molecular flexibility index (Phi) is 6.07. The number of methoxy groups -OCH3 is 2. The smallest absolute Gasteiger partial charge is 0.215 e. The first-order chi connectivity index (χ1) is 13.0. The van der Waals surface area contributed by atoms with Crippen molar-refractivity contribution in [2.45, 2.75) is 11.4 Å². The van der Waals surface area contributed by atoms with Gasteiger partial charge in [-0.3, -0.25) is 4.31 Å². The molecule has 142 valence electrons. The number of aromatic nitrogens is 2. The van der Waals surface area contributed by atoms with Gasteiger partial charge in [0.1, 0.15) is 23.6 Å². The Bertz CT molecular complexity index is 926. The lowest BCUT2D eigenvalue weighted by molar-refractivity contribution is 0.391. The highest BCUT2D eigenvalue weighted by Crippen LogP contribution is 2.35. The SMILES string of the molecule is COc1ccc(CN(Sc2cc(F)c(F)cc2F)c2ncns2)c(OC)c1. The van der Waals surface area contributed by atoms with Gasteiger partial charge in [-0.1, -0.05) is 0 Å². The van der Waals surface area contributed by atoms with Crippen LogP contribution in [-0.2, 0) is 6.54 Å². The van der Waals surface area contributed by atoms with E-state index in [1.165, 1.54) is 13.4 Å². The lowest BCUT2D eigenvalue weighted by Gasteiger charge is -2.21. The summed E-state index contributed by atoms with van der Waals surface area (Å²) in [6.45, 7) is 0.255. The van der Waals surface area contributed by atoms with E-state index in [2.05, 4.69) is 9.36 Å². The largest absolute Gasteiger partial charge is 0.497 e. The molecule has 0 fully saturated rings. The van der Waals surface area contributed by atoms with E-state index in [-0.39, 0.29) is 11.4 Å². The van der Waals surface area contributed by atoms with Gasteiger partial charge in [0.05, 0.1) is 25.7 Å². The third kappa shape index (κ3) is 4.45. The molecule has 3 rings (SSSR count). The van der Waals surface area contributed by atoms with E-state index >= 15 is 0 Å². The van der Waals surface area contributed by atoms with Crippen molar-refractivity contribution >= 4 is 28.6 Å². The standard InChI is InChI=1S/C17H14F3N3O2S2/c1-24-11-4-3-10(15(5-11)25-2)8-23(17-21-9-22-26-17)27-16-7-13(19)12(18)6-14(16)20/h3-7,9H,8H2,1-2H3. The minimum absolute atomic E-state index is 0.0726. The van der Waals surface area contributed by atoms with Crippen molar-refractivity contribution in [1.29, 1.82) is 0 Å². The van der Waals surface area contributed by atoms with Crippen molar-refractivity contribution in [2.75, 3.05) is 18.5 Å². The fourth-order valence-electron chi connectivity index (χ4n) is 2.25. The zero-order chi connectivity index (χ0) is 19.4. The molecule has 1 heterocycles. The minimum atomic E-state index is -1.24. The molecule has 0 saturated heterocycles. The Morgan fingerprint density at radius 2 is 1.81 bits per heavy atom. The van der Waals surface area contributed by atoms with Crippen LogP contribution in [0.3, 0.4) is 0 Å². The summed E-state index contributed by atoms with van der Waals surface area (Å²) in [6, 6.07) is 6.61. The molecule has 0 bridgehead atoms. The van der Waals surface area contributed by atoms with E-state index in [9.17, 15) is 13.2 Å². The van der Waals surface area contributed by atoms with Crippen LogP contribution in [0.4, 0.5) is 18.3 Å². The van der Waals surface area contributed by atoms with E-state index in [4.69, 9.17) is 9.47 Å². The summed E-state index contributed by atoms with van der Waals surface area (Å²) in [6.07, 6.45) is 1.36. The molecule has 0 aliphatic heterocycles. The van der Waals surface area contributed by atoms with Crippen molar-refractivity contribution in [3.8, 4) is 11.5 Å². The first kappa shape index (κ1) is 19.3. The molecule has 2 aromatic carbocycles. The average Bonchev–Trinajstić information content (AvgIpc) is 3.20. The van der Waals surface area contributed by atoms with Crippen molar-refractivity contribution in [1.82, 2.24) is 9.36 Å². The molecule has 0 N–H and O–H groups in total. The number of nitrogens with zero attached hydrogens (tertiary/aromatic N) is 3. The average molecular weight is 413 g/mol. The summed E-state index contributed by atoms with van der Waals surface area (Å²) in [7, 11) is 3.07. The van der Waals surface area contributed by atoms with Gasteiger partial charge in [-0.05, 0) is 30.1 Å². The molecule has 0 atom stereocenters. The molecule has 0 aliphatic rings. The van der Waals surface area contributed by atoms with E-state index < -0.39 is 17.5 Å². The van der Waals surface area contributed by atoms with Gasteiger partial charge < -0.3 is 9.47 Å². The van der Waals surface area contributed by atoms with Crippen LogP contribution < -0.4 is 13.8 Å². The van der Waals surface area contributed by atoms with E-state index in [0.717, 1.165) is 35.1 Å². The van der Waals surface area contributed by atoms with Gasteiger partial charge >= 0.3 is 0 Å². The van der Waals surface area contributed by atoms with Gasteiger partial charge in [0.25, 0.3) is 0 Å². The molecule has 1 aromatic heterocycles. The van der Waals surface area contributed by atoms with Crippen LogP contribution in [0.1, 0.15) is 5.56 Å². The Labute approximate surface area is 162 Å². The molecular weight excluding hydrogens is 399 g/mol. The third-order valence-electron chi connectivity index (χ3n) is 3.55. The number of halogens is 3. The Balaban J connectivity index is 1.93. The van der Waals surface area contributed by atoms with Crippen LogP contribution in [0.2, 0.25) is 0 Å². The van der Waals surface area contributed by atoms with Gasteiger partial charge in [0, 0.05) is 29.2 Å². The summed E-state index contributed by atoms with van der Waals surface area (Å²) >= 11 is 1.98. The normalized spacial score (nSPS) is 10.7. The summed E-state index contributed by atoms with van der Waals surface area (Å²) < 4.78 is 57.0. The molecular formula is C17H14F3N3O2S2. The zero-order valence-corrected chi connectivity index (χ0v) is 15.9. The minimum Gasteiger partial charge on any atom is -0.497 e. The molecule has 10 heteroatoms. The van der Waals surface area contributed by atoms with E-state index in [1.807, 2.05) is 0 Å². The maximum Gasteiger partial charge on any atom is 0.215 e. The predicted octanol–water partition coefficient (Wildman–Crippen LogP) is 4.69. The topological polar surface area (TPSA) is 47.5 Å². The van der Waals surface area contributed by atoms with Crippen LogP contribution in [0.5, 0.6) is 11.5 Å². The second-order valence-electron chi connectivity index (χ2n) is 5.23. The Morgan fingerprint density at radius 1 is 1.04 bits per heavy atom. The van der Waals surface area contributed by atoms with Gasteiger partial charge in [-0.25, -0.2) is 18.2 Å². The molecule has 27 heavy (non-hydrogen) atoms. The highest BCUT2D eigenvalue weighted by Gasteiger charge is 2.19. The van der Waals surface area contributed by atoms with Crippen molar-refractivity contribution < 1.29 is 22.6 Å². The number of benzene rings is 2. The summed E-state index contributed by atoms with van der Waals surface area (Å²) in [4.78, 5) is 4.05. The lowest BCUT2D eigenvalue weighted by Crippen LogP contribution is -2.15. The fourth-order valence-corrected chi connectivity index (χ4v) is 3.77. The maximum atomic E-state index is 14.1. The number of ether oxygens (including phenoxy) is 2. The van der Waals surface area contributed by atoms with Crippen LogP contribution in [0.15, 0.2) is 41.6 Å². The van der Waals surface area contributed by atoms with Gasteiger partial charge in [-0.2, -0.15) is 4.37 Å². The maximum absolute atomic E-state index is 14.1. The summed E-state index contributed by atoms with van der Waals surface area (Å²) in [5, 5.41) is 0.474. The lowest BCUT2D eigenvalue weighted by atomic mass is 10.2. The number of rotatable bonds is 7. The van der Waals surface area contributed by atoms with E-state index in [1.54, 1.807) is 29.6 Å². The van der Waals surface area contributed by atoms with Crippen molar-refractivity contribution in [3.05, 3.63) is 59.7 Å². The molecule has 0 radical (unpaired) electrons. The molecule has 0 aliphatic carbocycles. The Hall–Kier alpha value is -2.46. The quantitative estimate of drug-likeness (QED) is 0.414. The number of hydrogen-bond donors (Lipinski definition) is 0. The molecule has 5 nitrogen and oxygen atoms in total. The third-order valence-corrected chi connectivity index (χ3v) is 5.39. The predicted molar refractivity (Wildman–Crippen MR) is 97.8 cm³/mol. The molecule has 0 unspecified atom stereocenters. The van der Waals surface area contributed by atoms with E-state index in [0.29, 0.717) is 22.7 Å². The molecule has 0 saturated carbocycles. The van der Waals surface area contributed by atoms with Crippen molar-refractivity contribution in [3.63, 3.8) is 0 Å². The zero-order valence-electron chi connectivity index (χ0n) is 14.3.